The number of imidazole rings is 1. The molecule has 0 aliphatic carbocycles. The van der Waals surface area contributed by atoms with Crippen molar-refractivity contribution in [2.75, 3.05) is 24.6 Å². The molecule has 0 saturated carbocycles. The molecule has 7 rings (SSSR count). The van der Waals surface area contributed by atoms with Crippen molar-refractivity contribution in [1.82, 2.24) is 39.0 Å². The third kappa shape index (κ3) is 5.37. The fourth-order valence-corrected chi connectivity index (χ4v) is 6.52. The van der Waals surface area contributed by atoms with Crippen LogP contribution in [-0.4, -0.2) is 76.9 Å². The molecule has 10 nitrogen and oxygen atoms in total. The van der Waals surface area contributed by atoms with Gasteiger partial charge < -0.3 is 14.2 Å². The van der Waals surface area contributed by atoms with Gasteiger partial charge in [0.1, 0.15) is 17.7 Å². The first-order chi connectivity index (χ1) is 21.6. The minimum absolute atomic E-state index is 0.0149. The van der Waals surface area contributed by atoms with Gasteiger partial charge in [-0.15, -0.1) is 10.2 Å². The van der Waals surface area contributed by atoms with E-state index in [0.717, 1.165) is 31.2 Å². The molecular weight excluding hydrogens is 597 g/mol. The molecule has 1 aromatic carbocycles. The van der Waals surface area contributed by atoms with Crippen molar-refractivity contribution in [3.63, 3.8) is 0 Å². The number of halogens is 5. The second-order valence-electron chi connectivity index (χ2n) is 11.7. The highest BCUT2D eigenvalue weighted by Crippen LogP contribution is 2.37. The van der Waals surface area contributed by atoms with Gasteiger partial charge in [0, 0.05) is 31.8 Å². The largest absolute Gasteiger partial charge is 0.436 e. The number of hydrogen-bond donors (Lipinski definition) is 0. The van der Waals surface area contributed by atoms with Gasteiger partial charge in [0.15, 0.2) is 23.0 Å². The predicted molar refractivity (Wildman–Crippen MR) is 153 cm³/mol. The molecule has 4 aromatic heterocycles. The first-order valence-electron chi connectivity index (χ1n) is 14.8. The Morgan fingerprint density at radius 2 is 1.78 bits per heavy atom. The molecule has 2 saturated heterocycles. The number of ether oxygens (including phenoxy) is 1. The van der Waals surface area contributed by atoms with Crippen molar-refractivity contribution in [2.45, 2.75) is 63.6 Å². The average molecular weight is 628 g/mol. The van der Waals surface area contributed by atoms with Crippen molar-refractivity contribution >= 4 is 22.8 Å². The molecule has 15 heteroatoms. The summed E-state index contributed by atoms with van der Waals surface area (Å²) in [6, 6.07) is 6.34. The summed E-state index contributed by atoms with van der Waals surface area (Å²) < 4.78 is 78.9. The molecule has 2 aliphatic rings. The van der Waals surface area contributed by atoms with Crippen LogP contribution in [0.5, 0.6) is 0 Å². The zero-order valence-electron chi connectivity index (χ0n) is 24.5. The maximum absolute atomic E-state index is 14.2. The molecule has 0 radical (unpaired) electrons. The van der Waals surface area contributed by atoms with E-state index in [1.165, 1.54) is 30.3 Å². The molecule has 0 amide bonds. The third-order valence-corrected chi connectivity index (χ3v) is 8.65. The SMILES string of the molecule is C[C@@H]1CN(c2nc3nncn3c3c2ncn3C[C@@H]2CCCO2)[C@@H](C)CN1C(c1ccc(F)cc1)c1ccc(F)c(C(F)(F)F)n1. The van der Waals surface area contributed by atoms with Crippen molar-refractivity contribution in [3.05, 3.63) is 77.6 Å². The Morgan fingerprint density at radius 3 is 2.51 bits per heavy atom. The van der Waals surface area contributed by atoms with Gasteiger partial charge >= 0.3 is 6.18 Å². The van der Waals surface area contributed by atoms with Gasteiger partial charge in [-0.25, -0.2) is 23.1 Å². The van der Waals surface area contributed by atoms with E-state index in [9.17, 15) is 22.0 Å². The standard InChI is InChI=1S/C30H30F5N9O/c1-17-13-43(27-24-28(44-16-37-40-29(44)39-27)41(15-36-24)14-21-4-3-11-45-21)18(2)12-42(17)25(19-5-7-20(31)8-6-19)23-10-9-22(32)26(38-23)30(33,34)35/h5-10,15-18,21,25H,3-4,11-14H2,1-2H3/t17-,18+,21+,25?/m1/s1. The summed E-state index contributed by atoms with van der Waals surface area (Å²) in [7, 11) is 0. The highest BCUT2D eigenvalue weighted by Gasteiger charge is 2.40. The monoisotopic (exact) mass is 627 g/mol. The van der Waals surface area contributed by atoms with E-state index in [4.69, 9.17) is 14.7 Å². The van der Waals surface area contributed by atoms with Crippen LogP contribution in [0.1, 0.15) is 49.7 Å². The van der Waals surface area contributed by atoms with Crippen LogP contribution in [0.4, 0.5) is 27.8 Å². The summed E-state index contributed by atoms with van der Waals surface area (Å²) in [6.07, 6.45) is 0.441. The first kappa shape index (κ1) is 29.5. The van der Waals surface area contributed by atoms with Crippen LogP contribution in [0.25, 0.3) is 16.9 Å². The number of fused-ring (bicyclic) bond motifs is 3. The quantitative estimate of drug-likeness (QED) is 0.242. The molecule has 2 fully saturated rings. The molecule has 45 heavy (non-hydrogen) atoms. The second-order valence-corrected chi connectivity index (χ2v) is 11.7. The van der Waals surface area contributed by atoms with E-state index in [1.54, 1.807) is 17.1 Å². The van der Waals surface area contributed by atoms with E-state index < -0.39 is 29.5 Å². The van der Waals surface area contributed by atoms with Crippen LogP contribution in [0.3, 0.4) is 0 Å². The lowest BCUT2D eigenvalue weighted by molar-refractivity contribution is -0.143. The van der Waals surface area contributed by atoms with Gasteiger partial charge in [-0.1, -0.05) is 12.1 Å². The number of rotatable bonds is 6. The molecule has 0 spiro atoms. The van der Waals surface area contributed by atoms with Gasteiger partial charge in [-0.05, 0) is 56.5 Å². The van der Waals surface area contributed by atoms with Gasteiger partial charge in [-0.2, -0.15) is 18.2 Å². The number of anilines is 1. The molecular formula is C30H30F5N9O. The van der Waals surface area contributed by atoms with Crippen molar-refractivity contribution in [3.8, 4) is 0 Å². The predicted octanol–water partition coefficient (Wildman–Crippen LogP) is 5.03. The Labute approximate surface area is 254 Å². The minimum atomic E-state index is -4.98. The number of alkyl halides is 3. The Bertz CT molecular complexity index is 1830. The lowest BCUT2D eigenvalue weighted by atomic mass is 9.96. The van der Waals surface area contributed by atoms with Crippen LogP contribution in [0, 0.1) is 11.6 Å². The van der Waals surface area contributed by atoms with Crippen molar-refractivity contribution in [2.24, 2.45) is 0 Å². The molecule has 1 unspecified atom stereocenters. The number of piperazine rings is 1. The van der Waals surface area contributed by atoms with E-state index >= 15 is 0 Å². The lowest BCUT2D eigenvalue weighted by Gasteiger charge is -2.47. The van der Waals surface area contributed by atoms with Crippen molar-refractivity contribution in [1.29, 1.82) is 0 Å². The zero-order chi connectivity index (χ0) is 31.5. The Kier molecular flexibility index (Phi) is 7.39. The Morgan fingerprint density at radius 1 is 0.978 bits per heavy atom. The van der Waals surface area contributed by atoms with Gasteiger partial charge in [0.25, 0.3) is 5.78 Å². The average Bonchev–Trinajstić information content (AvgIpc) is 3.77. The van der Waals surface area contributed by atoms with Crippen LogP contribution in [0.15, 0.2) is 49.1 Å². The van der Waals surface area contributed by atoms with Crippen LogP contribution < -0.4 is 4.90 Å². The van der Waals surface area contributed by atoms with Crippen LogP contribution in [0.2, 0.25) is 0 Å². The Hall–Kier alpha value is -4.24. The highest BCUT2D eigenvalue weighted by molar-refractivity contribution is 5.86. The molecule has 6 heterocycles. The van der Waals surface area contributed by atoms with E-state index in [1.807, 2.05) is 23.3 Å². The van der Waals surface area contributed by atoms with E-state index in [2.05, 4.69) is 20.1 Å². The maximum Gasteiger partial charge on any atom is 0.436 e. The summed E-state index contributed by atoms with van der Waals surface area (Å²) in [4.78, 5) is 17.5. The molecule has 5 aromatic rings. The zero-order valence-corrected chi connectivity index (χ0v) is 24.5. The highest BCUT2D eigenvalue weighted by atomic mass is 19.4. The summed E-state index contributed by atoms with van der Waals surface area (Å²) in [6.45, 7) is 6.10. The number of pyridine rings is 1. The topological polar surface area (TPSA) is 89.5 Å². The van der Waals surface area contributed by atoms with Gasteiger partial charge in [0.05, 0.1) is 30.7 Å². The number of benzene rings is 1. The summed E-state index contributed by atoms with van der Waals surface area (Å²) in [5, 5.41) is 8.29. The Balaban J connectivity index is 1.26. The van der Waals surface area contributed by atoms with E-state index in [0.29, 0.717) is 42.3 Å². The molecule has 236 valence electrons. The summed E-state index contributed by atoms with van der Waals surface area (Å²) >= 11 is 0. The van der Waals surface area contributed by atoms with E-state index in [-0.39, 0.29) is 23.9 Å². The van der Waals surface area contributed by atoms with Crippen molar-refractivity contribution < 1.29 is 26.7 Å². The molecule has 0 N–H and O–H groups in total. The lowest BCUT2D eigenvalue weighted by Crippen LogP contribution is -2.57. The molecule has 4 atom stereocenters. The first-order valence-corrected chi connectivity index (χ1v) is 14.8. The number of nitrogens with zero attached hydrogens (tertiary/aromatic N) is 9. The summed E-state index contributed by atoms with van der Waals surface area (Å²) in [5.74, 6) is -0.903. The number of hydrogen-bond acceptors (Lipinski definition) is 8. The maximum atomic E-state index is 14.2. The van der Waals surface area contributed by atoms with Gasteiger partial charge in [-0.3, -0.25) is 4.90 Å². The fourth-order valence-electron chi connectivity index (χ4n) is 6.52. The molecule has 2 aliphatic heterocycles. The third-order valence-electron chi connectivity index (χ3n) is 8.65. The normalized spacial score (nSPS) is 22.1. The minimum Gasteiger partial charge on any atom is -0.376 e. The van der Waals surface area contributed by atoms with Crippen LogP contribution >= 0.6 is 0 Å². The smallest absolute Gasteiger partial charge is 0.376 e. The second kappa shape index (κ2) is 11.3. The summed E-state index contributed by atoms with van der Waals surface area (Å²) in [5.41, 5.74) is 0.420. The number of aromatic nitrogens is 7. The fraction of sp³-hybridized carbons (Fsp3) is 0.433. The van der Waals surface area contributed by atoms with Crippen LogP contribution in [-0.2, 0) is 17.5 Å². The van der Waals surface area contributed by atoms with Gasteiger partial charge in [0.2, 0.25) is 0 Å². The molecule has 0 bridgehead atoms.